The van der Waals surface area contributed by atoms with Gasteiger partial charge >= 0.3 is 6.18 Å². The summed E-state index contributed by atoms with van der Waals surface area (Å²) in [7, 11) is 0. The molecule has 0 saturated heterocycles. The molecule has 1 unspecified atom stereocenters. The van der Waals surface area contributed by atoms with Gasteiger partial charge in [-0.05, 0) is 6.26 Å². The number of nitrogens with one attached hydrogen (secondary N) is 2. The molecule has 90 valence electrons. The van der Waals surface area contributed by atoms with Gasteiger partial charge in [-0.2, -0.15) is 24.9 Å². The first-order valence-corrected chi connectivity index (χ1v) is 5.71. The first kappa shape index (κ1) is 14.6. The third-order valence-corrected chi connectivity index (χ3v) is 2.57. The number of halogens is 3. The van der Waals surface area contributed by atoms with Gasteiger partial charge in [0.1, 0.15) is 0 Å². The third-order valence-electron chi connectivity index (χ3n) is 1.60. The van der Waals surface area contributed by atoms with Gasteiger partial charge in [0.05, 0.1) is 13.1 Å². The SMILES string of the molecule is CSC(C)CNC(=O)CNCC(F)(F)F. The van der Waals surface area contributed by atoms with Gasteiger partial charge in [-0.3, -0.25) is 4.79 Å². The van der Waals surface area contributed by atoms with Gasteiger partial charge < -0.3 is 10.6 Å². The third kappa shape index (κ3) is 9.86. The van der Waals surface area contributed by atoms with Gasteiger partial charge in [-0.1, -0.05) is 6.92 Å². The molecule has 0 heterocycles. The van der Waals surface area contributed by atoms with Gasteiger partial charge in [0.25, 0.3) is 0 Å². The number of hydrogen-bond acceptors (Lipinski definition) is 3. The van der Waals surface area contributed by atoms with Crippen molar-refractivity contribution in [3.8, 4) is 0 Å². The summed E-state index contributed by atoms with van der Waals surface area (Å²) in [5, 5.41) is 4.81. The van der Waals surface area contributed by atoms with E-state index in [0.717, 1.165) is 0 Å². The molecular weight excluding hydrogens is 229 g/mol. The molecule has 0 rings (SSSR count). The maximum Gasteiger partial charge on any atom is 0.401 e. The van der Waals surface area contributed by atoms with Crippen LogP contribution in [-0.4, -0.2) is 43.2 Å². The second-order valence-corrected chi connectivity index (χ2v) is 4.35. The van der Waals surface area contributed by atoms with E-state index < -0.39 is 18.6 Å². The summed E-state index contributed by atoms with van der Waals surface area (Å²) >= 11 is 1.58. The van der Waals surface area contributed by atoms with Crippen molar-refractivity contribution in [2.24, 2.45) is 0 Å². The summed E-state index contributed by atoms with van der Waals surface area (Å²) in [4.78, 5) is 11.0. The second kappa shape index (κ2) is 6.95. The Morgan fingerprint density at radius 1 is 1.47 bits per heavy atom. The minimum absolute atomic E-state index is 0.261. The van der Waals surface area contributed by atoms with Crippen molar-refractivity contribution >= 4 is 17.7 Å². The summed E-state index contributed by atoms with van der Waals surface area (Å²) in [5.41, 5.74) is 0. The highest BCUT2D eigenvalue weighted by molar-refractivity contribution is 7.99. The van der Waals surface area contributed by atoms with Crippen LogP contribution in [0.4, 0.5) is 13.2 Å². The normalized spacial score (nSPS) is 13.7. The van der Waals surface area contributed by atoms with Crippen LogP contribution in [0.15, 0.2) is 0 Å². The molecular formula is C8H15F3N2OS. The number of alkyl halides is 3. The molecule has 0 aliphatic heterocycles. The number of carbonyl (C=O) groups excluding carboxylic acids is 1. The van der Waals surface area contributed by atoms with Crippen molar-refractivity contribution in [1.29, 1.82) is 0 Å². The highest BCUT2D eigenvalue weighted by atomic mass is 32.2. The van der Waals surface area contributed by atoms with Crippen LogP contribution in [0.2, 0.25) is 0 Å². The van der Waals surface area contributed by atoms with Crippen molar-refractivity contribution in [3.05, 3.63) is 0 Å². The second-order valence-electron chi connectivity index (χ2n) is 3.07. The quantitative estimate of drug-likeness (QED) is 0.732. The van der Waals surface area contributed by atoms with E-state index in [4.69, 9.17) is 0 Å². The van der Waals surface area contributed by atoms with E-state index in [2.05, 4.69) is 5.32 Å². The molecule has 0 radical (unpaired) electrons. The van der Waals surface area contributed by atoms with Crippen LogP contribution in [-0.2, 0) is 4.79 Å². The molecule has 0 saturated carbocycles. The molecule has 0 aromatic carbocycles. The van der Waals surface area contributed by atoms with E-state index in [0.29, 0.717) is 6.54 Å². The van der Waals surface area contributed by atoms with Crippen molar-refractivity contribution in [2.75, 3.05) is 25.9 Å². The van der Waals surface area contributed by atoms with E-state index in [9.17, 15) is 18.0 Å². The van der Waals surface area contributed by atoms with Gasteiger partial charge in [-0.25, -0.2) is 0 Å². The fraction of sp³-hybridized carbons (Fsp3) is 0.875. The zero-order chi connectivity index (χ0) is 11.9. The van der Waals surface area contributed by atoms with Crippen molar-refractivity contribution in [2.45, 2.75) is 18.3 Å². The molecule has 3 nitrogen and oxygen atoms in total. The lowest BCUT2D eigenvalue weighted by molar-refractivity contribution is -0.128. The van der Waals surface area contributed by atoms with Gasteiger partial charge in [0, 0.05) is 11.8 Å². The van der Waals surface area contributed by atoms with Crippen molar-refractivity contribution in [1.82, 2.24) is 10.6 Å². The molecule has 7 heteroatoms. The Bertz CT molecular complexity index is 199. The molecule has 0 fully saturated rings. The lowest BCUT2D eigenvalue weighted by Gasteiger charge is -2.11. The maximum atomic E-state index is 11.7. The predicted molar refractivity (Wildman–Crippen MR) is 54.9 cm³/mol. The van der Waals surface area contributed by atoms with Crippen molar-refractivity contribution in [3.63, 3.8) is 0 Å². The Balaban J connectivity index is 3.50. The highest BCUT2D eigenvalue weighted by Crippen LogP contribution is 2.11. The largest absolute Gasteiger partial charge is 0.401 e. The summed E-state index contributed by atoms with van der Waals surface area (Å²) < 4.78 is 35.0. The molecule has 1 atom stereocenters. The first-order valence-electron chi connectivity index (χ1n) is 4.42. The fourth-order valence-electron chi connectivity index (χ4n) is 0.721. The Hall–Kier alpha value is -0.430. The molecule has 1 amide bonds. The zero-order valence-electron chi connectivity index (χ0n) is 8.65. The average Bonchev–Trinajstić information content (AvgIpc) is 2.12. The summed E-state index contributed by atoms with van der Waals surface area (Å²) in [6.07, 6.45) is -2.37. The summed E-state index contributed by atoms with van der Waals surface area (Å²) in [5.74, 6) is -0.417. The average molecular weight is 244 g/mol. The molecule has 0 aliphatic rings. The van der Waals surface area contributed by atoms with Crippen LogP contribution in [0.1, 0.15) is 6.92 Å². The molecule has 0 aromatic heterocycles. The zero-order valence-corrected chi connectivity index (χ0v) is 9.47. The van der Waals surface area contributed by atoms with Crippen LogP contribution in [0, 0.1) is 0 Å². The number of amides is 1. The Kier molecular flexibility index (Phi) is 6.75. The van der Waals surface area contributed by atoms with Crippen LogP contribution in [0.3, 0.4) is 0 Å². The van der Waals surface area contributed by atoms with Crippen LogP contribution < -0.4 is 10.6 Å². The number of hydrogen-bond donors (Lipinski definition) is 2. The molecule has 15 heavy (non-hydrogen) atoms. The van der Waals surface area contributed by atoms with Crippen LogP contribution >= 0.6 is 11.8 Å². The lowest BCUT2D eigenvalue weighted by Crippen LogP contribution is -2.39. The molecule has 0 aliphatic carbocycles. The molecule has 0 spiro atoms. The van der Waals surface area contributed by atoms with E-state index in [-0.39, 0.29) is 11.8 Å². The topological polar surface area (TPSA) is 41.1 Å². The van der Waals surface area contributed by atoms with E-state index >= 15 is 0 Å². The molecule has 2 N–H and O–H groups in total. The van der Waals surface area contributed by atoms with E-state index in [1.807, 2.05) is 18.5 Å². The smallest absolute Gasteiger partial charge is 0.354 e. The Labute approximate surface area is 91.2 Å². The molecule has 0 aromatic rings. The number of rotatable bonds is 6. The predicted octanol–water partition coefficient (Wildman–Crippen LogP) is 1.01. The highest BCUT2D eigenvalue weighted by Gasteiger charge is 2.26. The summed E-state index contributed by atoms with van der Waals surface area (Å²) in [6.45, 7) is 0.945. The fourth-order valence-corrected chi connectivity index (χ4v) is 0.971. The van der Waals surface area contributed by atoms with Crippen LogP contribution in [0.25, 0.3) is 0 Å². The van der Waals surface area contributed by atoms with Crippen LogP contribution in [0.5, 0.6) is 0 Å². The maximum absolute atomic E-state index is 11.7. The minimum Gasteiger partial charge on any atom is -0.354 e. The Morgan fingerprint density at radius 2 is 2.07 bits per heavy atom. The van der Waals surface area contributed by atoms with Crippen molar-refractivity contribution < 1.29 is 18.0 Å². The molecule has 0 bridgehead atoms. The van der Waals surface area contributed by atoms with E-state index in [1.165, 1.54) is 0 Å². The van der Waals surface area contributed by atoms with Gasteiger partial charge in [0.15, 0.2) is 0 Å². The Morgan fingerprint density at radius 3 is 2.53 bits per heavy atom. The monoisotopic (exact) mass is 244 g/mol. The summed E-state index contributed by atoms with van der Waals surface area (Å²) in [6, 6.07) is 0. The number of thioether (sulfide) groups is 1. The van der Waals surface area contributed by atoms with Gasteiger partial charge in [-0.15, -0.1) is 0 Å². The lowest BCUT2D eigenvalue weighted by atomic mass is 10.4. The van der Waals surface area contributed by atoms with E-state index in [1.54, 1.807) is 11.8 Å². The minimum atomic E-state index is -4.27. The number of carbonyl (C=O) groups is 1. The van der Waals surface area contributed by atoms with Gasteiger partial charge in [0.2, 0.25) is 5.91 Å². The standard InChI is InChI=1S/C8H15F3N2OS/c1-6(15-2)3-13-7(14)4-12-5-8(9,10)11/h6,12H,3-5H2,1-2H3,(H,13,14). The first-order chi connectivity index (χ1) is 6.85.